The highest BCUT2D eigenvalue weighted by Crippen LogP contribution is 2.26. The van der Waals surface area contributed by atoms with Crippen LogP contribution in [0.3, 0.4) is 0 Å². The molecule has 1 unspecified atom stereocenters. The van der Waals surface area contributed by atoms with Gasteiger partial charge in [-0.2, -0.15) is 0 Å². The number of amides is 1. The summed E-state index contributed by atoms with van der Waals surface area (Å²) >= 11 is 0. The maximum atomic E-state index is 12.4. The van der Waals surface area contributed by atoms with Gasteiger partial charge in [-0.25, -0.2) is 0 Å². The van der Waals surface area contributed by atoms with Crippen LogP contribution < -0.4 is 15.8 Å². The third-order valence-corrected chi connectivity index (χ3v) is 4.46. The van der Waals surface area contributed by atoms with Crippen LogP contribution in [0.25, 0.3) is 0 Å². The summed E-state index contributed by atoms with van der Waals surface area (Å²) in [5, 5.41) is 3.01. The van der Waals surface area contributed by atoms with Crippen molar-refractivity contribution in [2.75, 3.05) is 6.61 Å². The minimum absolute atomic E-state index is 0. The molecule has 1 atom stereocenters. The second kappa shape index (κ2) is 8.55. The van der Waals surface area contributed by atoms with Crippen molar-refractivity contribution < 1.29 is 9.53 Å². The van der Waals surface area contributed by atoms with Crippen LogP contribution in [0.1, 0.15) is 50.2 Å². The summed E-state index contributed by atoms with van der Waals surface area (Å²) in [5.41, 5.74) is 7.79. The van der Waals surface area contributed by atoms with Gasteiger partial charge in [-0.1, -0.05) is 37.5 Å². The first kappa shape index (κ1) is 19.8. The lowest BCUT2D eigenvalue weighted by molar-refractivity contribution is -0.128. The van der Waals surface area contributed by atoms with E-state index in [2.05, 4.69) is 5.32 Å². The first-order valence-corrected chi connectivity index (χ1v) is 8.21. The molecule has 0 heterocycles. The molecule has 1 aliphatic rings. The van der Waals surface area contributed by atoms with E-state index in [1.165, 1.54) is 6.42 Å². The molecule has 0 saturated heterocycles. The number of hydrogen-bond acceptors (Lipinski definition) is 3. The summed E-state index contributed by atoms with van der Waals surface area (Å²) in [6.45, 7) is 6.47. The zero-order valence-electron chi connectivity index (χ0n) is 14.4. The number of benzene rings is 1. The first-order valence-electron chi connectivity index (χ1n) is 8.21. The smallest absolute Gasteiger partial charge is 0.240 e. The van der Waals surface area contributed by atoms with Gasteiger partial charge < -0.3 is 15.8 Å². The normalized spacial score (nSPS) is 17.7. The Morgan fingerprint density at radius 1 is 1.26 bits per heavy atom. The first-order chi connectivity index (χ1) is 10.4. The molecule has 1 fully saturated rings. The van der Waals surface area contributed by atoms with E-state index in [4.69, 9.17) is 10.5 Å². The average molecular weight is 341 g/mol. The molecule has 1 aliphatic carbocycles. The summed E-state index contributed by atoms with van der Waals surface area (Å²) in [4.78, 5) is 12.4. The standard InChI is InChI=1S/C18H28N2O2.ClH/c1-13-8-7-9-14(2)16(13)22-12-15(3)20-17(21)18(19)10-5-4-6-11-18;/h7-9,15H,4-6,10-12,19H2,1-3H3,(H,20,21);1H. The zero-order valence-corrected chi connectivity index (χ0v) is 15.2. The third kappa shape index (κ3) is 5.11. The van der Waals surface area contributed by atoms with Crippen molar-refractivity contribution in [1.29, 1.82) is 0 Å². The van der Waals surface area contributed by atoms with Crippen LogP contribution in [-0.4, -0.2) is 24.1 Å². The Balaban J connectivity index is 0.00000264. The summed E-state index contributed by atoms with van der Waals surface area (Å²) in [7, 11) is 0. The number of carbonyl (C=O) groups is 1. The fourth-order valence-electron chi connectivity index (χ4n) is 3.05. The predicted molar refractivity (Wildman–Crippen MR) is 96.3 cm³/mol. The highest BCUT2D eigenvalue weighted by Gasteiger charge is 2.35. The minimum Gasteiger partial charge on any atom is -0.491 e. The van der Waals surface area contributed by atoms with Crippen LogP contribution in [0.4, 0.5) is 0 Å². The van der Waals surface area contributed by atoms with Gasteiger partial charge in [0.15, 0.2) is 0 Å². The number of nitrogens with one attached hydrogen (secondary N) is 1. The van der Waals surface area contributed by atoms with Crippen LogP contribution in [0, 0.1) is 13.8 Å². The number of rotatable bonds is 5. The molecule has 130 valence electrons. The van der Waals surface area contributed by atoms with Gasteiger partial charge in [0.05, 0.1) is 11.6 Å². The highest BCUT2D eigenvalue weighted by molar-refractivity contribution is 5.86. The maximum absolute atomic E-state index is 12.4. The number of para-hydroxylation sites is 1. The van der Waals surface area contributed by atoms with Gasteiger partial charge in [0, 0.05) is 0 Å². The Hall–Kier alpha value is -1.26. The monoisotopic (exact) mass is 340 g/mol. The molecule has 1 saturated carbocycles. The fraction of sp³-hybridized carbons (Fsp3) is 0.611. The lowest BCUT2D eigenvalue weighted by atomic mass is 9.82. The highest BCUT2D eigenvalue weighted by atomic mass is 35.5. The van der Waals surface area contributed by atoms with Crippen molar-refractivity contribution in [3.05, 3.63) is 29.3 Å². The average Bonchev–Trinajstić information content (AvgIpc) is 2.47. The number of hydrogen-bond donors (Lipinski definition) is 2. The molecule has 0 spiro atoms. The molecular formula is C18H29ClN2O2. The van der Waals surface area contributed by atoms with Gasteiger partial charge in [0.25, 0.3) is 0 Å². The van der Waals surface area contributed by atoms with Crippen molar-refractivity contribution in [2.45, 2.75) is 64.5 Å². The molecule has 0 bridgehead atoms. The van der Waals surface area contributed by atoms with E-state index in [0.29, 0.717) is 6.61 Å². The molecule has 1 amide bonds. The van der Waals surface area contributed by atoms with Gasteiger partial charge >= 0.3 is 0 Å². The van der Waals surface area contributed by atoms with E-state index in [0.717, 1.165) is 42.6 Å². The second-order valence-electron chi connectivity index (χ2n) is 6.62. The lowest BCUT2D eigenvalue weighted by Crippen LogP contribution is -2.57. The number of aryl methyl sites for hydroxylation is 2. The topological polar surface area (TPSA) is 64.3 Å². The SMILES string of the molecule is Cc1cccc(C)c1OCC(C)NC(=O)C1(N)CCCCC1.Cl. The molecule has 1 aromatic carbocycles. The Kier molecular flexibility index (Phi) is 7.36. The van der Waals surface area contributed by atoms with Crippen LogP contribution in [0.2, 0.25) is 0 Å². The van der Waals surface area contributed by atoms with Gasteiger partial charge in [0.2, 0.25) is 5.91 Å². The van der Waals surface area contributed by atoms with Crippen molar-refractivity contribution in [3.63, 3.8) is 0 Å². The van der Waals surface area contributed by atoms with Crippen LogP contribution in [0.5, 0.6) is 5.75 Å². The molecular weight excluding hydrogens is 312 g/mol. The number of nitrogens with two attached hydrogens (primary N) is 1. The number of carbonyl (C=O) groups excluding carboxylic acids is 1. The van der Waals surface area contributed by atoms with Crippen molar-refractivity contribution in [1.82, 2.24) is 5.32 Å². The van der Waals surface area contributed by atoms with Gasteiger partial charge in [-0.05, 0) is 44.7 Å². The molecule has 23 heavy (non-hydrogen) atoms. The summed E-state index contributed by atoms with van der Waals surface area (Å²) < 4.78 is 5.89. The van der Waals surface area contributed by atoms with E-state index in [9.17, 15) is 4.79 Å². The molecule has 3 N–H and O–H groups in total. The Labute approximate surface area is 145 Å². The summed E-state index contributed by atoms with van der Waals surface area (Å²) in [5.74, 6) is 0.869. The summed E-state index contributed by atoms with van der Waals surface area (Å²) in [6, 6.07) is 6.02. The van der Waals surface area contributed by atoms with E-state index < -0.39 is 5.54 Å². The fourth-order valence-corrected chi connectivity index (χ4v) is 3.05. The van der Waals surface area contributed by atoms with Crippen molar-refractivity contribution in [2.24, 2.45) is 5.73 Å². The van der Waals surface area contributed by atoms with Gasteiger partial charge in [-0.3, -0.25) is 4.79 Å². The van der Waals surface area contributed by atoms with Gasteiger partial charge in [-0.15, -0.1) is 12.4 Å². The Bertz CT molecular complexity index is 508. The van der Waals surface area contributed by atoms with Gasteiger partial charge in [0.1, 0.15) is 12.4 Å². The number of halogens is 1. The van der Waals surface area contributed by atoms with Crippen molar-refractivity contribution in [3.8, 4) is 5.75 Å². The molecule has 0 aromatic heterocycles. The van der Waals surface area contributed by atoms with E-state index in [1.54, 1.807) is 0 Å². The quantitative estimate of drug-likeness (QED) is 0.864. The third-order valence-electron chi connectivity index (χ3n) is 4.46. The molecule has 4 nitrogen and oxygen atoms in total. The van der Waals surface area contributed by atoms with E-state index >= 15 is 0 Å². The molecule has 0 radical (unpaired) electrons. The Morgan fingerprint density at radius 3 is 2.39 bits per heavy atom. The lowest BCUT2D eigenvalue weighted by Gasteiger charge is -2.33. The molecule has 2 rings (SSSR count). The van der Waals surface area contributed by atoms with Crippen LogP contribution in [0.15, 0.2) is 18.2 Å². The number of ether oxygens (including phenoxy) is 1. The molecule has 1 aromatic rings. The Morgan fingerprint density at radius 2 is 1.83 bits per heavy atom. The van der Waals surface area contributed by atoms with E-state index in [-0.39, 0.29) is 24.4 Å². The van der Waals surface area contributed by atoms with Crippen molar-refractivity contribution >= 4 is 18.3 Å². The largest absolute Gasteiger partial charge is 0.491 e. The minimum atomic E-state index is -0.689. The molecule has 5 heteroatoms. The van der Waals surface area contributed by atoms with Crippen LogP contribution in [-0.2, 0) is 4.79 Å². The molecule has 0 aliphatic heterocycles. The second-order valence-corrected chi connectivity index (χ2v) is 6.62. The van der Waals surface area contributed by atoms with E-state index in [1.807, 2.05) is 39.0 Å². The van der Waals surface area contributed by atoms with Crippen LogP contribution >= 0.6 is 12.4 Å². The maximum Gasteiger partial charge on any atom is 0.240 e. The zero-order chi connectivity index (χ0) is 16.2. The predicted octanol–water partition coefficient (Wildman–Crippen LogP) is 3.27. The summed E-state index contributed by atoms with van der Waals surface area (Å²) in [6.07, 6.45) is 4.82.